The molecule has 1 aliphatic rings. The maximum Gasteiger partial charge on any atom is 0.322 e. The predicted octanol–water partition coefficient (Wildman–Crippen LogP) is -1.82. The Labute approximate surface area is 75.3 Å². The predicted molar refractivity (Wildman–Crippen MR) is 43.3 cm³/mol. The SMILES string of the molecule is O=C(O)CNC(=O)[C@@H]1CNCCO1. The first-order chi connectivity index (χ1) is 6.20. The Balaban J connectivity index is 2.25. The van der Waals surface area contributed by atoms with Crippen LogP contribution in [0.25, 0.3) is 0 Å². The number of morpholine rings is 1. The van der Waals surface area contributed by atoms with Crippen molar-refractivity contribution in [2.75, 3.05) is 26.2 Å². The highest BCUT2D eigenvalue weighted by molar-refractivity contribution is 5.84. The minimum Gasteiger partial charge on any atom is -0.480 e. The average Bonchev–Trinajstić information content (AvgIpc) is 2.15. The molecule has 13 heavy (non-hydrogen) atoms. The first kappa shape index (κ1) is 9.94. The molecule has 1 saturated heterocycles. The lowest BCUT2D eigenvalue weighted by molar-refractivity contribution is -0.141. The van der Waals surface area contributed by atoms with Gasteiger partial charge in [0.2, 0.25) is 0 Å². The van der Waals surface area contributed by atoms with E-state index < -0.39 is 12.1 Å². The second kappa shape index (κ2) is 4.78. The van der Waals surface area contributed by atoms with Gasteiger partial charge in [0.05, 0.1) is 6.61 Å². The Morgan fingerprint density at radius 2 is 2.38 bits per heavy atom. The van der Waals surface area contributed by atoms with E-state index >= 15 is 0 Å². The van der Waals surface area contributed by atoms with Crippen LogP contribution in [-0.2, 0) is 14.3 Å². The number of hydrogen-bond donors (Lipinski definition) is 3. The summed E-state index contributed by atoms with van der Waals surface area (Å²) in [6.45, 7) is 1.28. The number of nitrogens with one attached hydrogen (secondary N) is 2. The normalized spacial score (nSPS) is 22.3. The van der Waals surface area contributed by atoms with E-state index in [1.807, 2.05) is 0 Å². The average molecular weight is 188 g/mol. The van der Waals surface area contributed by atoms with Gasteiger partial charge in [-0.05, 0) is 0 Å². The number of ether oxygens (including phenoxy) is 1. The summed E-state index contributed by atoms with van der Waals surface area (Å²) in [5, 5.41) is 13.5. The fourth-order valence-electron chi connectivity index (χ4n) is 1.01. The monoisotopic (exact) mass is 188 g/mol. The maximum absolute atomic E-state index is 11.2. The second-order valence-electron chi connectivity index (χ2n) is 2.68. The Morgan fingerprint density at radius 1 is 1.62 bits per heavy atom. The van der Waals surface area contributed by atoms with E-state index in [2.05, 4.69) is 10.6 Å². The van der Waals surface area contributed by atoms with Gasteiger partial charge in [-0.1, -0.05) is 0 Å². The number of carboxylic acids is 1. The van der Waals surface area contributed by atoms with Gasteiger partial charge in [0, 0.05) is 13.1 Å². The third-order valence-electron chi connectivity index (χ3n) is 1.63. The number of aliphatic carboxylic acids is 1. The van der Waals surface area contributed by atoms with E-state index in [0.29, 0.717) is 13.2 Å². The van der Waals surface area contributed by atoms with Gasteiger partial charge in [-0.3, -0.25) is 9.59 Å². The van der Waals surface area contributed by atoms with Gasteiger partial charge in [0.15, 0.2) is 0 Å². The molecule has 0 spiro atoms. The van der Waals surface area contributed by atoms with Gasteiger partial charge in [0.1, 0.15) is 12.6 Å². The summed E-state index contributed by atoms with van der Waals surface area (Å²) in [5.74, 6) is -1.44. The van der Waals surface area contributed by atoms with E-state index in [9.17, 15) is 9.59 Å². The van der Waals surface area contributed by atoms with E-state index in [-0.39, 0.29) is 12.5 Å². The lowest BCUT2D eigenvalue weighted by atomic mass is 10.3. The van der Waals surface area contributed by atoms with Gasteiger partial charge in [-0.25, -0.2) is 0 Å². The Bertz CT molecular complexity index is 201. The van der Waals surface area contributed by atoms with Crippen molar-refractivity contribution in [2.45, 2.75) is 6.10 Å². The largest absolute Gasteiger partial charge is 0.480 e. The standard InChI is InChI=1S/C7H12N2O4/c10-6(11)4-9-7(12)5-3-8-1-2-13-5/h5,8H,1-4H2,(H,9,12)(H,10,11)/t5-/m0/s1. The Morgan fingerprint density at radius 3 is 2.92 bits per heavy atom. The summed E-state index contributed by atoms with van der Waals surface area (Å²) in [7, 11) is 0. The van der Waals surface area contributed by atoms with Crippen LogP contribution >= 0.6 is 0 Å². The van der Waals surface area contributed by atoms with Crippen LogP contribution in [0.15, 0.2) is 0 Å². The molecule has 0 aromatic carbocycles. The molecule has 1 atom stereocenters. The molecule has 0 aliphatic carbocycles. The van der Waals surface area contributed by atoms with E-state index in [0.717, 1.165) is 6.54 Å². The fraction of sp³-hybridized carbons (Fsp3) is 0.714. The van der Waals surface area contributed by atoms with Crippen molar-refractivity contribution in [2.24, 2.45) is 0 Å². The first-order valence-electron chi connectivity index (χ1n) is 4.02. The third-order valence-corrected chi connectivity index (χ3v) is 1.63. The molecule has 1 amide bonds. The summed E-state index contributed by atoms with van der Waals surface area (Å²) < 4.78 is 5.10. The van der Waals surface area contributed by atoms with E-state index in [1.165, 1.54) is 0 Å². The Hall–Kier alpha value is -1.14. The molecule has 3 N–H and O–H groups in total. The molecule has 6 heteroatoms. The molecular formula is C7H12N2O4. The Kier molecular flexibility index (Phi) is 3.66. The van der Waals surface area contributed by atoms with Crippen LogP contribution in [0, 0.1) is 0 Å². The number of carboxylic acid groups (broad SMARTS) is 1. The van der Waals surface area contributed by atoms with Crippen molar-refractivity contribution < 1.29 is 19.4 Å². The molecule has 74 valence electrons. The fourth-order valence-corrected chi connectivity index (χ4v) is 1.01. The summed E-state index contributed by atoms with van der Waals surface area (Å²) in [5.41, 5.74) is 0. The van der Waals surface area contributed by atoms with Crippen LogP contribution in [0.4, 0.5) is 0 Å². The maximum atomic E-state index is 11.2. The second-order valence-corrected chi connectivity index (χ2v) is 2.68. The minimum atomic E-state index is -1.06. The van der Waals surface area contributed by atoms with Crippen LogP contribution in [0.2, 0.25) is 0 Å². The third kappa shape index (κ3) is 3.39. The van der Waals surface area contributed by atoms with Gasteiger partial charge in [-0.2, -0.15) is 0 Å². The van der Waals surface area contributed by atoms with Gasteiger partial charge in [-0.15, -0.1) is 0 Å². The number of carbonyl (C=O) groups excluding carboxylic acids is 1. The molecule has 0 aromatic rings. The highest BCUT2D eigenvalue weighted by Gasteiger charge is 2.21. The highest BCUT2D eigenvalue weighted by atomic mass is 16.5. The topological polar surface area (TPSA) is 87.7 Å². The summed E-state index contributed by atoms with van der Waals surface area (Å²) in [6, 6.07) is 0. The van der Waals surface area contributed by atoms with Crippen molar-refractivity contribution in [1.29, 1.82) is 0 Å². The van der Waals surface area contributed by atoms with Gasteiger partial charge >= 0.3 is 5.97 Å². The molecule has 1 heterocycles. The molecule has 0 unspecified atom stereocenters. The molecule has 0 saturated carbocycles. The first-order valence-corrected chi connectivity index (χ1v) is 4.02. The van der Waals surface area contributed by atoms with Crippen LogP contribution < -0.4 is 10.6 Å². The molecule has 1 fully saturated rings. The molecule has 0 bridgehead atoms. The van der Waals surface area contributed by atoms with Crippen molar-refractivity contribution in [3.05, 3.63) is 0 Å². The number of amides is 1. The van der Waals surface area contributed by atoms with Crippen LogP contribution in [0.3, 0.4) is 0 Å². The molecular weight excluding hydrogens is 176 g/mol. The quantitative estimate of drug-likeness (QED) is 0.485. The lowest BCUT2D eigenvalue weighted by Crippen LogP contribution is -2.48. The summed E-state index contributed by atoms with van der Waals surface area (Å²) in [4.78, 5) is 21.3. The summed E-state index contributed by atoms with van der Waals surface area (Å²) in [6.07, 6.45) is -0.562. The van der Waals surface area contributed by atoms with Crippen molar-refractivity contribution in [3.8, 4) is 0 Å². The van der Waals surface area contributed by atoms with Crippen molar-refractivity contribution in [1.82, 2.24) is 10.6 Å². The van der Waals surface area contributed by atoms with Gasteiger partial charge < -0.3 is 20.5 Å². The summed E-state index contributed by atoms with van der Waals surface area (Å²) >= 11 is 0. The van der Waals surface area contributed by atoms with Crippen molar-refractivity contribution >= 4 is 11.9 Å². The van der Waals surface area contributed by atoms with Crippen LogP contribution in [-0.4, -0.2) is 49.3 Å². The molecule has 1 aliphatic heterocycles. The zero-order valence-electron chi connectivity index (χ0n) is 7.08. The van der Waals surface area contributed by atoms with Gasteiger partial charge in [0.25, 0.3) is 5.91 Å². The van der Waals surface area contributed by atoms with E-state index in [1.54, 1.807) is 0 Å². The molecule has 0 radical (unpaired) electrons. The lowest BCUT2D eigenvalue weighted by Gasteiger charge is -2.22. The molecule has 0 aromatic heterocycles. The van der Waals surface area contributed by atoms with Crippen molar-refractivity contribution in [3.63, 3.8) is 0 Å². The molecule has 1 rings (SSSR count). The smallest absolute Gasteiger partial charge is 0.322 e. The highest BCUT2D eigenvalue weighted by Crippen LogP contribution is 1.94. The number of hydrogen-bond acceptors (Lipinski definition) is 4. The van der Waals surface area contributed by atoms with Crippen LogP contribution in [0.5, 0.6) is 0 Å². The zero-order chi connectivity index (χ0) is 9.68. The molecule has 6 nitrogen and oxygen atoms in total. The van der Waals surface area contributed by atoms with Crippen LogP contribution in [0.1, 0.15) is 0 Å². The minimum absolute atomic E-state index is 0.362. The zero-order valence-corrected chi connectivity index (χ0v) is 7.08. The van der Waals surface area contributed by atoms with E-state index in [4.69, 9.17) is 9.84 Å². The number of rotatable bonds is 3. The number of carbonyl (C=O) groups is 2.